The van der Waals surface area contributed by atoms with Gasteiger partial charge in [0, 0.05) is 15.7 Å². The van der Waals surface area contributed by atoms with Gasteiger partial charge in [0.15, 0.2) is 75.3 Å². The first-order chi connectivity index (χ1) is 33.1. The average molecular weight is 1020 g/mol. The van der Waals surface area contributed by atoms with E-state index in [4.69, 9.17) is 27.4 Å². The van der Waals surface area contributed by atoms with Crippen LogP contribution in [0.2, 0.25) is 36.3 Å². The number of ether oxygens (including phenoxy) is 2. The van der Waals surface area contributed by atoms with Crippen molar-refractivity contribution in [3.63, 3.8) is 0 Å². The fourth-order valence-corrected chi connectivity index (χ4v) is 11.3. The second-order valence-electron chi connectivity index (χ2n) is 20.3. The van der Waals surface area contributed by atoms with Crippen molar-refractivity contribution in [3.05, 3.63) is 97.1 Å². The van der Waals surface area contributed by atoms with Gasteiger partial charge in [-0.05, 0) is 60.5 Å². The normalized spacial score (nSPS) is 23.5. The highest BCUT2D eigenvalue weighted by atomic mass is 31.1. The highest BCUT2D eigenvalue weighted by molar-refractivity contribution is 7.33. The highest BCUT2D eigenvalue weighted by Gasteiger charge is 2.59. The lowest BCUT2D eigenvalue weighted by Gasteiger charge is -2.40. The lowest BCUT2D eigenvalue weighted by atomic mass is 10.1. The number of hydrogen-bond donors (Lipinski definition) is 4. The number of amides is 2. The number of aromatic nitrogens is 8. The minimum atomic E-state index is -3.17. The summed E-state index contributed by atoms with van der Waals surface area (Å²) in [6, 6.07) is 17.3. The molecule has 70 heavy (non-hydrogen) atoms. The Labute approximate surface area is 407 Å². The van der Waals surface area contributed by atoms with E-state index < -0.39 is 99.0 Å². The van der Waals surface area contributed by atoms with Gasteiger partial charge in [0.1, 0.15) is 37.1 Å². The van der Waals surface area contributed by atoms with Gasteiger partial charge in [-0.1, -0.05) is 77.9 Å². The Morgan fingerprint density at radius 2 is 0.986 bits per heavy atom. The molecule has 24 heteroatoms. The number of carbonyl (C=O) groups excluding carboxylic acids is 2. The van der Waals surface area contributed by atoms with Gasteiger partial charge in [-0.3, -0.25) is 18.7 Å². The Bertz CT molecular complexity index is 2650. The van der Waals surface area contributed by atoms with Crippen LogP contribution in [0.5, 0.6) is 0 Å². The number of rotatable bonds is 16. The minimum Gasteiger partial charge on any atom is -0.408 e. The number of imidazole rings is 2. The molecule has 21 nitrogen and oxygen atoms in total. The Balaban J connectivity index is 1.16. The summed E-state index contributed by atoms with van der Waals surface area (Å²) in [6.07, 6.45) is -3.29. The van der Waals surface area contributed by atoms with Crippen molar-refractivity contribution >= 4 is 70.7 Å². The SMILES string of the molecule is CC(C)(C)[Si](C)(C)O[C@H]1[C@@H](O[P+](=O)O[C@@H]2[C@H](O[Si](C)(C)C(C)(C)C)[C@@H](CO)O[C@H]2n2cnc3c(NC(=O)c4ccccc4)ncnc32)[C@H](n2cnc3c(NC(=O)c4ccccc4)ncnc32)O[C@@H]1CO. The lowest BCUT2D eigenvalue weighted by Crippen LogP contribution is -2.50. The number of anilines is 2. The molecule has 372 valence electrons. The molecule has 2 amide bonds. The number of aliphatic hydroxyl groups excluding tert-OH is 2. The molecule has 2 fully saturated rings. The van der Waals surface area contributed by atoms with E-state index in [-0.39, 0.29) is 44.0 Å². The first-order valence-electron chi connectivity index (χ1n) is 22.9. The Hall–Kier alpha value is -5.31. The summed E-state index contributed by atoms with van der Waals surface area (Å²) < 4.78 is 58.1. The Kier molecular flexibility index (Phi) is 14.6. The summed E-state index contributed by atoms with van der Waals surface area (Å²) in [5, 5.41) is 26.8. The van der Waals surface area contributed by atoms with E-state index in [0.29, 0.717) is 11.1 Å². The molecular weight excluding hydrogens is 956 g/mol. The fourth-order valence-electron chi connectivity index (χ4n) is 7.72. The largest absolute Gasteiger partial charge is 0.698 e. The maximum absolute atomic E-state index is 14.9. The van der Waals surface area contributed by atoms with Crippen molar-refractivity contribution in [2.45, 2.75) is 127 Å². The van der Waals surface area contributed by atoms with Gasteiger partial charge >= 0.3 is 8.25 Å². The van der Waals surface area contributed by atoms with Gasteiger partial charge in [0.2, 0.25) is 0 Å². The molecule has 2 aliphatic rings. The van der Waals surface area contributed by atoms with E-state index >= 15 is 0 Å². The third kappa shape index (κ3) is 10.2. The fraction of sp³-hybridized carbons (Fsp3) is 0.478. The maximum atomic E-state index is 14.9. The number of nitrogens with one attached hydrogen (secondary N) is 2. The van der Waals surface area contributed by atoms with Crippen LogP contribution in [0.4, 0.5) is 11.6 Å². The number of hydrogen-bond acceptors (Lipinski definition) is 17. The van der Waals surface area contributed by atoms with Crippen LogP contribution < -0.4 is 10.6 Å². The molecule has 2 aromatic carbocycles. The zero-order valence-corrected chi connectivity index (χ0v) is 43.6. The third-order valence-electron chi connectivity index (χ3n) is 13.6. The zero-order valence-electron chi connectivity index (χ0n) is 40.7. The van der Waals surface area contributed by atoms with Gasteiger partial charge in [0.25, 0.3) is 11.8 Å². The first-order valence-corrected chi connectivity index (χ1v) is 29.8. The summed E-state index contributed by atoms with van der Waals surface area (Å²) >= 11 is 0. The quantitative estimate of drug-likeness (QED) is 0.0554. The molecule has 4 N–H and O–H groups in total. The monoisotopic (exact) mass is 1020 g/mol. The minimum absolute atomic E-state index is 0.136. The Morgan fingerprint density at radius 1 is 0.614 bits per heavy atom. The number of benzene rings is 2. The predicted molar refractivity (Wildman–Crippen MR) is 263 cm³/mol. The number of nitrogens with zero attached hydrogens (tertiary/aromatic N) is 8. The van der Waals surface area contributed by atoms with Gasteiger partial charge in [-0.15, -0.1) is 9.05 Å². The molecule has 6 aromatic rings. The van der Waals surface area contributed by atoms with Gasteiger partial charge in [-0.2, -0.15) is 0 Å². The molecule has 0 bridgehead atoms. The van der Waals surface area contributed by atoms with Crippen molar-refractivity contribution < 1.29 is 51.7 Å². The summed E-state index contributed by atoms with van der Waals surface area (Å²) in [6.45, 7) is 19.6. The van der Waals surface area contributed by atoms with Crippen molar-refractivity contribution in [1.82, 2.24) is 39.0 Å². The molecule has 4 aromatic heterocycles. The molecule has 0 saturated carbocycles. The van der Waals surface area contributed by atoms with Crippen LogP contribution in [0, 0.1) is 0 Å². The summed E-state index contributed by atoms with van der Waals surface area (Å²) in [5.74, 6) is -0.551. The van der Waals surface area contributed by atoms with E-state index in [1.54, 1.807) is 69.8 Å². The van der Waals surface area contributed by atoms with Crippen LogP contribution in [0.1, 0.15) is 74.7 Å². The molecule has 0 aliphatic carbocycles. The highest BCUT2D eigenvalue weighted by Crippen LogP contribution is 2.49. The second kappa shape index (κ2) is 20.1. The van der Waals surface area contributed by atoms with Gasteiger partial charge < -0.3 is 39.2 Å². The summed E-state index contributed by atoms with van der Waals surface area (Å²) in [7, 11) is -8.53. The third-order valence-corrected chi connectivity index (χ3v) is 23.4. The average Bonchev–Trinajstić information content (AvgIpc) is 4.10. The van der Waals surface area contributed by atoms with E-state index in [9.17, 15) is 24.4 Å². The summed E-state index contributed by atoms with van der Waals surface area (Å²) in [4.78, 5) is 53.2. The molecule has 0 radical (unpaired) electrons. The molecule has 0 spiro atoms. The van der Waals surface area contributed by atoms with E-state index in [2.05, 4.69) is 82.1 Å². The van der Waals surface area contributed by atoms with Gasteiger partial charge in [-0.25, -0.2) is 29.9 Å². The van der Waals surface area contributed by atoms with Crippen molar-refractivity contribution in [2.24, 2.45) is 0 Å². The molecule has 6 heterocycles. The molecule has 2 aliphatic heterocycles. The molecule has 8 atom stereocenters. The van der Waals surface area contributed by atoms with Crippen LogP contribution in [0.3, 0.4) is 0 Å². The molecule has 0 unspecified atom stereocenters. The maximum Gasteiger partial charge on any atom is 0.698 e. The summed E-state index contributed by atoms with van der Waals surface area (Å²) in [5.41, 5.74) is 1.76. The lowest BCUT2D eigenvalue weighted by molar-refractivity contribution is -0.0543. The zero-order chi connectivity index (χ0) is 50.3. The standard InChI is InChI=1S/C46H59N10O11PSi2/c1-45(2,3)69(7,8)66-33-29(21-57)62-43(55-25-51-31-37(47-23-49-39(31)55)53-41(59)27-17-13-11-14-18-27)35(33)64-68(61)65-36-34(67-70(9,10)46(4,5)6)30(22-58)63-44(36)56-26-52-32-38(48-24-50-40(32)56)54-42(60)28-19-15-12-16-20-28/h11-20,23-26,29-30,33-36,43-44,57-58H,21-22H2,1-10H3,(H-,47,48,49,50,53,54,59,60)/p+1/t29-,30-,33-,34-,35-,36-,43-,44-/m1/s1. The van der Waals surface area contributed by atoms with Crippen molar-refractivity contribution in [3.8, 4) is 0 Å². The van der Waals surface area contributed by atoms with Gasteiger partial charge in [0.05, 0.1) is 25.9 Å². The molecular formula is C46H60N10O11PSi2+. The van der Waals surface area contributed by atoms with Crippen molar-refractivity contribution in [2.75, 3.05) is 23.8 Å². The van der Waals surface area contributed by atoms with Crippen LogP contribution in [-0.2, 0) is 31.9 Å². The van der Waals surface area contributed by atoms with Crippen molar-refractivity contribution in [1.29, 1.82) is 0 Å². The smallest absolute Gasteiger partial charge is 0.408 e. The first kappa shape index (κ1) is 51.1. The number of aliphatic hydroxyl groups is 2. The second-order valence-corrected chi connectivity index (χ2v) is 30.7. The van der Waals surface area contributed by atoms with E-state index in [1.165, 1.54) is 25.3 Å². The Morgan fingerprint density at radius 3 is 1.33 bits per heavy atom. The molecule has 8 rings (SSSR count). The topological polar surface area (TPSA) is 258 Å². The van der Waals surface area contributed by atoms with Crippen LogP contribution >= 0.6 is 8.25 Å². The molecule has 2 saturated heterocycles. The van der Waals surface area contributed by atoms with E-state index in [0.717, 1.165) is 0 Å². The number of carbonyl (C=O) groups is 2. The van der Waals surface area contributed by atoms with E-state index in [1.807, 2.05) is 26.2 Å². The van der Waals surface area contributed by atoms with Crippen LogP contribution in [-0.4, -0.2) is 128 Å². The van der Waals surface area contributed by atoms with Crippen LogP contribution in [0.25, 0.3) is 22.3 Å². The number of fused-ring (bicyclic) bond motifs is 2. The predicted octanol–water partition coefficient (Wildman–Crippen LogP) is 7.16. The van der Waals surface area contributed by atoms with Crippen LogP contribution in [0.15, 0.2) is 86.0 Å².